The molecule has 2 nitrogen and oxygen atoms in total. The molecular formula is C29H22O2. The summed E-state index contributed by atoms with van der Waals surface area (Å²) < 4.78 is 6.30. The fraction of sp³-hybridized carbons (Fsp3) is 0.0690. The second-order valence-electron chi connectivity index (χ2n) is 7.97. The van der Waals surface area contributed by atoms with Crippen molar-refractivity contribution in [2.24, 2.45) is 0 Å². The standard InChI is InChI=1S/C29H22O2/c1-19-8-12-21(13-9-19)24-16-25(22-14-10-20(2)11-15-22)29-26(30)18-27(31-28(29)17-24)23-6-4-3-5-7-23/h3-18H,1-2H3. The van der Waals surface area contributed by atoms with E-state index in [1.807, 2.05) is 36.4 Å². The highest BCUT2D eigenvalue weighted by Gasteiger charge is 2.15. The van der Waals surface area contributed by atoms with Gasteiger partial charge in [0.1, 0.15) is 11.3 Å². The highest BCUT2D eigenvalue weighted by molar-refractivity contribution is 5.97. The van der Waals surface area contributed by atoms with Gasteiger partial charge in [0.2, 0.25) is 0 Å². The van der Waals surface area contributed by atoms with E-state index in [0.717, 1.165) is 27.8 Å². The molecule has 0 atom stereocenters. The minimum Gasteiger partial charge on any atom is -0.456 e. The molecule has 0 unspecified atom stereocenters. The lowest BCUT2D eigenvalue weighted by molar-refractivity contribution is 0.619. The molecule has 1 heterocycles. The monoisotopic (exact) mass is 402 g/mol. The number of benzene rings is 4. The zero-order valence-electron chi connectivity index (χ0n) is 17.6. The van der Waals surface area contributed by atoms with Crippen LogP contribution in [0.5, 0.6) is 0 Å². The number of fused-ring (bicyclic) bond motifs is 1. The van der Waals surface area contributed by atoms with Gasteiger partial charge in [0.15, 0.2) is 5.43 Å². The highest BCUT2D eigenvalue weighted by atomic mass is 16.3. The minimum absolute atomic E-state index is 0.0360. The van der Waals surface area contributed by atoms with E-state index >= 15 is 0 Å². The van der Waals surface area contributed by atoms with Gasteiger partial charge in [-0.2, -0.15) is 0 Å². The summed E-state index contributed by atoms with van der Waals surface area (Å²) in [6.07, 6.45) is 0. The van der Waals surface area contributed by atoms with Crippen LogP contribution in [0, 0.1) is 13.8 Å². The Morgan fingerprint density at radius 1 is 0.581 bits per heavy atom. The second kappa shape index (κ2) is 7.73. The number of hydrogen-bond donors (Lipinski definition) is 0. The third kappa shape index (κ3) is 3.69. The summed E-state index contributed by atoms with van der Waals surface area (Å²) in [5.41, 5.74) is 7.85. The number of aryl methyl sites for hydroxylation is 2. The molecule has 0 saturated heterocycles. The first-order valence-electron chi connectivity index (χ1n) is 10.4. The zero-order chi connectivity index (χ0) is 21.4. The van der Waals surface area contributed by atoms with Gasteiger partial charge in [-0.15, -0.1) is 0 Å². The molecule has 0 N–H and O–H groups in total. The molecule has 31 heavy (non-hydrogen) atoms. The van der Waals surface area contributed by atoms with Crippen molar-refractivity contribution in [2.75, 3.05) is 0 Å². The van der Waals surface area contributed by atoms with Crippen molar-refractivity contribution in [2.45, 2.75) is 13.8 Å². The van der Waals surface area contributed by atoms with Gasteiger partial charge in [-0.1, -0.05) is 90.0 Å². The van der Waals surface area contributed by atoms with Crippen LogP contribution in [0.15, 0.2) is 106 Å². The van der Waals surface area contributed by atoms with E-state index in [-0.39, 0.29) is 5.43 Å². The Morgan fingerprint density at radius 3 is 1.84 bits per heavy atom. The first-order valence-corrected chi connectivity index (χ1v) is 10.4. The van der Waals surface area contributed by atoms with Gasteiger partial charge in [-0.25, -0.2) is 0 Å². The molecule has 0 fully saturated rings. The summed E-state index contributed by atoms with van der Waals surface area (Å²) in [6.45, 7) is 4.14. The van der Waals surface area contributed by atoms with Gasteiger partial charge in [0, 0.05) is 11.6 Å². The van der Waals surface area contributed by atoms with Crippen molar-refractivity contribution < 1.29 is 4.42 Å². The third-order valence-electron chi connectivity index (χ3n) is 5.64. The van der Waals surface area contributed by atoms with Crippen LogP contribution in [0.2, 0.25) is 0 Å². The number of rotatable bonds is 3. The zero-order valence-corrected chi connectivity index (χ0v) is 17.6. The van der Waals surface area contributed by atoms with Gasteiger partial charge < -0.3 is 4.42 Å². The molecule has 4 aromatic carbocycles. The molecular weight excluding hydrogens is 380 g/mol. The molecule has 0 spiro atoms. The Morgan fingerprint density at radius 2 is 1.19 bits per heavy atom. The van der Waals surface area contributed by atoms with Crippen LogP contribution in [0.1, 0.15) is 11.1 Å². The van der Waals surface area contributed by atoms with E-state index in [4.69, 9.17) is 4.42 Å². The molecule has 5 aromatic rings. The van der Waals surface area contributed by atoms with Crippen LogP contribution < -0.4 is 5.43 Å². The van der Waals surface area contributed by atoms with Gasteiger partial charge in [-0.05, 0) is 48.2 Å². The Kier molecular flexibility index (Phi) is 4.76. The Labute approximate surface area is 181 Å². The molecule has 2 heteroatoms. The quantitative estimate of drug-likeness (QED) is 0.314. The van der Waals surface area contributed by atoms with Crippen molar-refractivity contribution in [1.82, 2.24) is 0 Å². The molecule has 0 aliphatic carbocycles. The van der Waals surface area contributed by atoms with E-state index in [2.05, 4.69) is 68.4 Å². The smallest absolute Gasteiger partial charge is 0.193 e. The Bertz CT molecular complexity index is 1430. The molecule has 150 valence electrons. The summed E-state index contributed by atoms with van der Waals surface area (Å²) >= 11 is 0. The maximum Gasteiger partial charge on any atom is 0.193 e. The van der Waals surface area contributed by atoms with Gasteiger partial charge in [0.25, 0.3) is 0 Å². The molecule has 0 amide bonds. The first-order chi connectivity index (χ1) is 15.1. The topological polar surface area (TPSA) is 30.2 Å². The average molecular weight is 402 g/mol. The average Bonchev–Trinajstić information content (AvgIpc) is 2.80. The third-order valence-corrected chi connectivity index (χ3v) is 5.64. The maximum absolute atomic E-state index is 13.3. The van der Waals surface area contributed by atoms with Crippen molar-refractivity contribution in [1.29, 1.82) is 0 Å². The van der Waals surface area contributed by atoms with Gasteiger partial charge in [0.05, 0.1) is 5.39 Å². The molecule has 0 aliphatic rings. The Balaban J connectivity index is 1.81. The van der Waals surface area contributed by atoms with Crippen molar-refractivity contribution in [3.63, 3.8) is 0 Å². The maximum atomic E-state index is 13.3. The van der Waals surface area contributed by atoms with Crippen LogP contribution in [0.4, 0.5) is 0 Å². The summed E-state index contributed by atoms with van der Waals surface area (Å²) in [7, 11) is 0. The molecule has 0 radical (unpaired) electrons. The predicted molar refractivity (Wildman–Crippen MR) is 128 cm³/mol. The van der Waals surface area contributed by atoms with Crippen LogP contribution in [0.3, 0.4) is 0 Å². The van der Waals surface area contributed by atoms with E-state index in [0.29, 0.717) is 16.7 Å². The lowest BCUT2D eigenvalue weighted by Gasteiger charge is -2.12. The van der Waals surface area contributed by atoms with E-state index in [1.165, 1.54) is 11.1 Å². The molecule has 0 saturated carbocycles. The fourth-order valence-corrected chi connectivity index (χ4v) is 3.91. The second-order valence-corrected chi connectivity index (χ2v) is 7.97. The summed E-state index contributed by atoms with van der Waals surface area (Å²) in [4.78, 5) is 13.3. The molecule has 0 aliphatic heterocycles. The van der Waals surface area contributed by atoms with Crippen LogP contribution in [-0.4, -0.2) is 0 Å². The SMILES string of the molecule is Cc1ccc(-c2cc(-c3ccc(C)cc3)c3c(=O)cc(-c4ccccc4)oc3c2)cc1. The summed E-state index contributed by atoms with van der Waals surface area (Å²) in [5.74, 6) is 0.578. The van der Waals surface area contributed by atoms with E-state index < -0.39 is 0 Å². The minimum atomic E-state index is -0.0360. The van der Waals surface area contributed by atoms with E-state index in [1.54, 1.807) is 6.07 Å². The fourth-order valence-electron chi connectivity index (χ4n) is 3.91. The van der Waals surface area contributed by atoms with Crippen molar-refractivity contribution >= 4 is 11.0 Å². The Hall–Kier alpha value is -3.91. The number of hydrogen-bond acceptors (Lipinski definition) is 2. The molecule has 0 bridgehead atoms. The summed E-state index contributed by atoms with van der Waals surface area (Å²) in [5, 5.41) is 0.611. The van der Waals surface area contributed by atoms with Gasteiger partial charge >= 0.3 is 0 Å². The van der Waals surface area contributed by atoms with Crippen LogP contribution >= 0.6 is 0 Å². The molecule has 5 rings (SSSR count). The lowest BCUT2D eigenvalue weighted by Crippen LogP contribution is -2.03. The normalized spacial score (nSPS) is 11.0. The largest absolute Gasteiger partial charge is 0.456 e. The van der Waals surface area contributed by atoms with Crippen molar-refractivity contribution in [3.05, 3.63) is 118 Å². The summed E-state index contributed by atoms with van der Waals surface area (Å²) in [6, 6.07) is 32.1. The van der Waals surface area contributed by atoms with E-state index in [9.17, 15) is 4.79 Å². The van der Waals surface area contributed by atoms with Crippen LogP contribution in [0.25, 0.3) is 44.5 Å². The molecule has 1 aromatic heterocycles. The van der Waals surface area contributed by atoms with Crippen molar-refractivity contribution in [3.8, 4) is 33.6 Å². The van der Waals surface area contributed by atoms with Gasteiger partial charge in [-0.3, -0.25) is 4.79 Å². The lowest BCUT2D eigenvalue weighted by atomic mass is 9.94. The first kappa shape index (κ1) is 19.1. The van der Waals surface area contributed by atoms with Crippen LogP contribution in [-0.2, 0) is 0 Å². The predicted octanol–water partition coefficient (Wildman–Crippen LogP) is 7.41. The highest BCUT2D eigenvalue weighted by Crippen LogP contribution is 2.34.